The van der Waals surface area contributed by atoms with Gasteiger partial charge in [0.05, 0.1) is 11.0 Å². The minimum absolute atomic E-state index is 1.11. The van der Waals surface area contributed by atoms with E-state index in [0.717, 1.165) is 22.7 Å². The normalized spacial score (nSPS) is 11.4. The summed E-state index contributed by atoms with van der Waals surface area (Å²) in [6, 6.07) is 55.8. The highest BCUT2D eigenvalue weighted by Crippen LogP contribution is 2.36. The molecule has 0 spiro atoms. The molecule has 0 aliphatic carbocycles. The lowest BCUT2D eigenvalue weighted by molar-refractivity contribution is 1.17. The summed E-state index contributed by atoms with van der Waals surface area (Å²) in [5.41, 5.74) is 9.31. The Morgan fingerprint density at radius 1 is 0.375 bits per heavy atom. The third-order valence-corrected chi connectivity index (χ3v) is 7.38. The topological polar surface area (TPSA) is 8.17 Å². The first-order valence-electron chi connectivity index (χ1n) is 13.6. The van der Waals surface area contributed by atoms with E-state index < -0.39 is 0 Å². The number of aromatic nitrogens is 1. The van der Waals surface area contributed by atoms with Crippen LogP contribution in [0, 0.1) is 0 Å². The summed E-state index contributed by atoms with van der Waals surface area (Å²) in [7, 11) is 0. The first kappa shape index (κ1) is 23.8. The fourth-order valence-corrected chi connectivity index (χ4v) is 5.47. The van der Waals surface area contributed by atoms with Crippen molar-refractivity contribution in [2.45, 2.75) is 0 Å². The van der Waals surface area contributed by atoms with Crippen LogP contribution in [0.4, 0.5) is 17.1 Å². The smallest absolute Gasteiger partial charge is 0.0541 e. The Morgan fingerprint density at radius 3 is 1.38 bits per heavy atom. The largest absolute Gasteiger partial charge is 0.311 e. The van der Waals surface area contributed by atoms with Gasteiger partial charge in [0.2, 0.25) is 0 Å². The molecule has 40 heavy (non-hydrogen) atoms. The van der Waals surface area contributed by atoms with Crippen LogP contribution in [0.5, 0.6) is 0 Å². The molecule has 0 saturated heterocycles. The quantitative estimate of drug-likeness (QED) is 0.201. The zero-order valence-electron chi connectivity index (χ0n) is 22.1. The lowest BCUT2D eigenvalue weighted by Crippen LogP contribution is -2.10. The van der Waals surface area contributed by atoms with Gasteiger partial charge in [-0.15, -0.1) is 0 Å². The predicted molar refractivity (Wildman–Crippen MR) is 171 cm³/mol. The second kappa shape index (κ2) is 10.4. The van der Waals surface area contributed by atoms with Gasteiger partial charge in [0.25, 0.3) is 0 Å². The Hall–Kier alpha value is -5.34. The van der Waals surface area contributed by atoms with E-state index in [2.05, 4.69) is 173 Å². The van der Waals surface area contributed by atoms with Gasteiger partial charge in [0, 0.05) is 33.5 Å². The molecule has 1 aromatic heterocycles. The van der Waals surface area contributed by atoms with Crippen molar-refractivity contribution in [1.29, 1.82) is 0 Å². The summed E-state index contributed by atoms with van der Waals surface area (Å²) in [6.45, 7) is 0. The highest BCUT2D eigenvalue weighted by molar-refractivity contribution is 6.09. The van der Waals surface area contributed by atoms with Crippen molar-refractivity contribution in [2.24, 2.45) is 0 Å². The predicted octanol–water partition coefficient (Wildman–Crippen LogP) is 10.4. The molecule has 1 heterocycles. The van der Waals surface area contributed by atoms with Crippen molar-refractivity contribution in [1.82, 2.24) is 4.57 Å². The number of benzene rings is 6. The zero-order chi connectivity index (χ0) is 26.7. The molecule has 0 atom stereocenters. The number of anilines is 3. The van der Waals surface area contributed by atoms with Crippen molar-refractivity contribution in [3.05, 3.63) is 169 Å². The third-order valence-electron chi connectivity index (χ3n) is 7.38. The lowest BCUT2D eigenvalue weighted by Gasteiger charge is -2.26. The molecule has 7 rings (SSSR count). The molecule has 0 unspecified atom stereocenters. The Bertz CT molecular complexity index is 1860. The van der Waals surface area contributed by atoms with Crippen molar-refractivity contribution in [2.75, 3.05) is 4.90 Å². The van der Waals surface area contributed by atoms with Crippen LogP contribution in [0.1, 0.15) is 11.1 Å². The Balaban J connectivity index is 1.26. The van der Waals surface area contributed by atoms with E-state index in [1.807, 2.05) is 6.07 Å². The van der Waals surface area contributed by atoms with Crippen LogP contribution in [0.15, 0.2) is 158 Å². The second-order valence-electron chi connectivity index (χ2n) is 9.89. The lowest BCUT2D eigenvalue weighted by atomic mass is 10.1. The molecule has 190 valence electrons. The second-order valence-corrected chi connectivity index (χ2v) is 9.89. The SMILES string of the molecule is C(=Cc1ccc(N(c2ccccc2)c2ccc(-n3c4ccccc4c4ccccc43)cc2)cc1)c1ccccc1. The van der Waals surface area contributed by atoms with Crippen LogP contribution >= 0.6 is 0 Å². The molecular formula is C38H28N2. The summed E-state index contributed by atoms with van der Waals surface area (Å²) < 4.78 is 2.36. The zero-order valence-corrected chi connectivity index (χ0v) is 22.1. The van der Waals surface area contributed by atoms with Crippen LogP contribution in [-0.4, -0.2) is 4.57 Å². The molecular weight excluding hydrogens is 484 g/mol. The molecule has 0 aliphatic heterocycles. The molecule has 0 saturated carbocycles. The molecule has 0 aliphatic rings. The minimum atomic E-state index is 1.11. The maximum Gasteiger partial charge on any atom is 0.0541 e. The van der Waals surface area contributed by atoms with Gasteiger partial charge >= 0.3 is 0 Å². The maximum absolute atomic E-state index is 2.36. The summed E-state index contributed by atoms with van der Waals surface area (Å²) in [5.74, 6) is 0. The molecule has 0 fully saturated rings. The van der Waals surface area contributed by atoms with E-state index in [9.17, 15) is 0 Å². The number of nitrogens with zero attached hydrogens (tertiary/aromatic N) is 2. The Morgan fingerprint density at radius 2 is 0.800 bits per heavy atom. The fraction of sp³-hybridized carbons (Fsp3) is 0. The standard InChI is InChI=1S/C38H28N2/c1-3-11-29(12-4-1)19-20-30-21-23-32(24-22-30)39(31-13-5-2-6-14-31)33-25-27-34(28-26-33)40-37-17-9-7-15-35(37)36-16-8-10-18-38(36)40/h1-28H. The molecule has 2 heteroatoms. The first-order chi connectivity index (χ1) is 19.8. The number of fused-ring (bicyclic) bond motifs is 3. The van der Waals surface area contributed by atoms with Gasteiger partial charge in [-0.3, -0.25) is 0 Å². The highest BCUT2D eigenvalue weighted by Gasteiger charge is 2.14. The third kappa shape index (κ3) is 4.46. The Labute approximate surface area is 234 Å². The van der Waals surface area contributed by atoms with Gasteiger partial charge < -0.3 is 9.47 Å². The van der Waals surface area contributed by atoms with Gasteiger partial charge in [-0.2, -0.15) is 0 Å². The van der Waals surface area contributed by atoms with Crippen molar-refractivity contribution < 1.29 is 0 Å². The van der Waals surface area contributed by atoms with E-state index in [0.29, 0.717) is 0 Å². The number of hydrogen-bond acceptors (Lipinski definition) is 1. The highest BCUT2D eigenvalue weighted by atomic mass is 15.1. The van der Waals surface area contributed by atoms with E-state index in [4.69, 9.17) is 0 Å². The van der Waals surface area contributed by atoms with E-state index in [-0.39, 0.29) is 0 Å². The number of rotatable bonds is 6. The van der Waals surface area contributed by atoms with E-state index in [1.54, 1.807) is 0 Å². The summed E-state index contributed by atoms with van der Waals surface area (Å²) in [6.07, 6.45) is 4.31. The molecule has 0 N–H and O–H groups in total. The number of hydrogen-bond donors (Lipinski definition) is 0. The van der Waals surface area contributed by atoms with Gasteiger partial charge in [-0.1, -0.05) is 109 Å². The first-order valence-corrected chi connectivity index (χ1v) is 13.6. The average Bonchev–Trinajstić information content (AvgIpc) is 3.37. The van der Waals surface area contributed by atoms with Crippen LogP contribution in [0.25, 0.3) is 39.6 Å². The minimum Gasteiger partial charge on any atom is -0.311 e. The molecule has 0 amide bonds. The van der Waals surface area contributed by atoms with Crippen molar-refractivity contribution in [3.8, 4) is 5.69 Å². The van der Waals surface area contributed by atoms with Crippen LogP contribution < -0.4 is 4.90 Å². The fourth-order valence-electron chi connectivity index (χ4n) is 5.47. The summed E-state index contributed by atoms with van der Waals surface area (Å²) in [5, 5.41) is 2.55. The van der Waals surface area contributed by atoms with Crippen LogP contribution in [0.3, 0.4) is 0 Å². The molecule has 7 aromatic rings. The van der Waals surface area contributed by atoms with E-state index in [1.165, 1.54) is 32.9 Å². The molecule has 2 nitrogen and oxygen atoms in total. The molecule has 0 bridgehead atoms. The average molecular weight is 513 g/mol. The molecule has 0 radical (unpaired) electrons. The van der Waals surface area contributed by atoms with Crippen molar-refractivity contribution >= 4 is 51.0 Å². The summed E-state index contributed by atoms with van der Waals surface area (Å²) >= 11 is 0. The van der Waals surface area contributed by atoms with E-state index >= 15 is 0 Å². The van der Waals surface area contributed by atoms with Crippen LogP contribution in [0.2, 0.25) is 0 Å². The van der Waals surface area contributed by atoms with Crippen molar-refractivity contribution in [3.63, 3.8) is 0 Å². The Kier molecular flexibility index (Phi) is 6.20. The van der Waals surface area contributed by atoms with Crippen LogP contribution in [-0.2, 0) is 0 Å². The van der Waals surface area contributed by atoms with Gasteiger partial charge in [0.1, 0.15) is 0 Å². The van der Waals surface area contributed by atoms with Gasteiger partial charge in [-0.25, -0.2) is 0 Å². The monoisotopic (exact) mass is 512 g/mol. The summed E-state index contributed by atoms with van der Waals surface area (Å²) in [4.78, 5) is 2.31. The maximum atomic E-state index is 2.36. The van der Waals surface area contributed by atoms with Gasteiger partial charge in [0.15, 0.2) is 0 Å². The number of para-hydroxylation sites is 3. The van der Waals surface area contributed by atoms with Gasteiger partial charge in [-0.05, 0) is 71.8 Å². The molecule has 6 aromatic carbocycles.